The van der Waals surface area contributed by atoms with Crippen LogP contribution in [0.5, 0.6) is 5.75 Å². The molecule has 160 valence electrons. The van der Waals surface area contributed by atoms with E-state index >= 15 is 0 Å². The summed E-state index contributed by atoms with van der Waals surface area (Å²) in [5.41, 5.74) is 1.23. The molecule has 0 radical (unpaired) electrons. The number of benzene rings is 2. The first-order valence-electron chi connectivity index (χ1n) is 10.7. The van der Waals surface area contributed by atoms with Crippen molar-refractivity contribution >= 4 is 17.5 Å². The van der Waals surface area contributed by atoms with Gasteiger partial charge in [-0.25, -0.2) is 0 Å². The molecule has 30 heavy (non-hydrogen) atoms. The van der Waals surface area contributed by atoms with Gasteiger partial charge in [0.25, 0.3) is 0 Å². The maximum Gasteiger partial charge on any atom is 0.234 e. The topological polar surface area (TPSA) is 61.8 Å². The van der Waals surface area contributed by atoms with E-state index in [1.165, 1.54) is 5.56 Å². The van der Waals surface area contributed by atoms with E-state index in [-0.39, 0.29) is 12.0 Å². The Bertz CT molecular complexity index is 847. The zero-order valence-electron chi connectivity index (χ0n) is 17.0. The van der Waals surface area contributed by atoms with Crippen LogP contribution in [0.25, 0.3) is 0 Å². The van der Waals surface area contributed by atoms with Crippen molar-refractivity contribution in [3.05, 3.63) is 65.2 Å². The smallest absolute Gasteiger partial charge is 0.234 e. The van der Waals surface area contributed by atoms with E-state index in [0.717, 1.165) is 25.9 Å². The van der Waals surface area contributed by atoms with Crippen LogP contribution in [0.2, 0.25) is 5.02 Å². The number of hydrogen-bond acceptors (Lipinski definition) is 4. The molecule has 1 aliphatic carbocycles. The van der Waals surface area contributed by atoms with Gasteiger partial charge in [0.05, 0.1) is 12.6 Å². The molecule has 1 amide bonds. The Morgan fingerprint density at radius 3 is 2.63 bits per heavy atom. The standard InChI is InChI=1S/C24H29ClN2O3/c25-20-7-4-8-21(13-20)30-23-12-19-15-27(14-18(19)11-22(23)28)16-24(29)26-10-9-17-5-2-1-3-6-17/h1-8,13,18-19,22-23,28H,9-12,14-16H2,(H,26,29)/t18-,19+,22+,23+/m0/s1. The van der Waals surface area contributed by atoms with E-state index < -0.39 is 6.10 Å². The number of aliphatic hydroxyl groups is 1. The van der Waals surface area contributed by atoms with E-state index in [1.807, 2.05) is 36.4 Å². The third kappa shape index (κ3) is 5.54. The highest BCUT2D eigenvalue weighted by molar-refractivity contribution is 6.30. The van der Waals surface area contributed by atoms with Gasteiger partial charge >= 0.3 is 0 Å². The molecule has 6 heteroatoms. The Morgan fingerprint density at radius 2 is 1.87 bits per heavy atom. The van der Waals surface area contributed by atoms with Crippen LogP contribution in [0.15, 0.2) is 54.6 Å². The molecule has 2 aromatic rings. The zero-order chi connectivity index (χ0) is 20.9. The summed E-state index contributed by atoms with van der Waals surface area (Å²) in [5.74, 6) is 1.61. The molecule has 2 N–H and O–H groups in total. The first kappa shape index (κ1) is 21.2. The third-order valence-electron chi connectivity index (χ3n) is 6.19. The van der Waals surface area contributed by atoms with Crippen molar-refractivity contribution in [3.63, 3.8) is 0 Å². The fourth-order valence-corrected chi connectivity index (χ4v) is 4.89. The molecule has 2 aromatic carbocycles. The summed E-state index contributed by atoms with van der Waals surface area (Å²) in [6, 6.07) is 17.5. The normalized spacial score (nSPS) is 26.2. The Kier molecular flexibility index (Phi) is 6.93. The van der Waals surface area contributed by atoms with Crippen LogP contribution in [0, 0.1) is 11.8 Å². The van der Waals surface area contributed by atoms with Crippen LogP contribution in [0.1, 0.15) is 18.4 Å². The lowest BCUT2D eigenvalue weighted by Gasteiger charge is -2.35. The number of halogens is 1. The fourth-order valence-electron chi connectivity index (χ4n) is 4.71. The third-order valence-corrected chi connectivity index (χ3v) is 6.43. The number of amides is 1. The zero-order valence-corrected chi connectivity index (χ0v) is 17.8. The number of aliphatic hydroxyl groups excluding tert-OH is 1. The van der Waals surface area contributed by atoms with Gasteiger partial charge in [0.15, 0.2) is 0 Å². The molecule has 1 saturated carbocycles. The molecule has 4 rings (SSSR count). The van der Waals surface area contributed by atoms with Gasteiger partial charge in [0.2, 0.25) is 5.91 Å². The summed E-state index contributed by atoms with van der Waals surface area (Å²) in [5, 5.41) is 14.2. The maximum absolute atomic E-state index is 12.4. The average molecular weight is 429 g/mol. The monoisotopic (exact) mass is 428 g/mol. The molecule has 1 aliphatic heterocycles. The van der Waals surface area contributed by atoms with Crippen molar-refractivity contribution in [2.24, 2.45) is 11.8 Å². The molecule has 2 fully saturated rings. The number of rotatable bonds is 7. The predicted octanol–water partition coefficient (Wildman–Crippen LogP) is 3.15. The average Bonchev–Trinajstić information content (AvgIpc) is 3.10. The predicted molar refractivity (Wildman–Crippen MR) is 118 cm³/mol. The Morgan fingerprint density at radius 1 is 1.10 bits per heavy atom. The van der Waals surface area contributed by atoms with Crippen LogP contribution in [0.3, 0.4) is 0 Å². The van der Waals surface area contributed by atoms with Crippen LogP contribution in [0.4, 0.5) is 0 Å². The molecular weight excluding hydrogens is 400 g/mol. The second kappa shape index (κ2) is 9.82. The molecule has 0 aromatic heterocycles. The number of nitrogens with one attached hydrogen (secondary N) is 1. The minimum atomic E-state index is -0.495. The minimum absolute atomic E-state index is 0.0665. The van der Waals surface area contributed by atoms with Crippen molar-refractivity contribution in [3.8, 4) is 5.75 Å². The van der Waals surface area contributed by atoms with Gasteiger partial charge in [-0.1, -0.05) is 48.0 Å². The molecule has 2 aliphatic rings. The van der Waals surface area contributed by atoms with E-state index in [0.29, 0.717) is 42.1 Å². The summed E-state index contributed by atoms with van der Waals surface area (Å²) >= 11 is 6.04. The van der Waals surface area contributed by atoms with Crippen molar-refractivity contribution in [2.75, 3.05) is 26.2 Å². The highest BCUT2D eigenvalue weighted by Gasteiger charge is 2.42. The van der Waals surface area contributed by atoms with Crippen LogP contribution < -0.4 is 10.1 Å². The SMILES string of the molecule is O=C(CN1C[C@H]2C[C@@H](Oc3cccc(Cl)c3)[C@H](O)C[C@H]2C1)NCCc1ccccc1. The van der Waals surface area contributed by atoms with E-state index in [4.69, 9.17) is 16.3 Å². The molecule has 0 spiro atoms. The van der Waals surface area contributed by atoms with Gasteiger partial charge < -0.3 is 15.2 Å². The van der Waals surface area contributed by atoms with Gasteiger partial charge in [-0.15, -0.1) is 0 Å². The molecule has 1 heterocycles. The summed E-state index contributed by atoms with van der Waals surface area (Å²) in [4.78, 5) is 14.6. The largest absolute Gasteiger partial charge is 0.488 e. The van der Waals surface area contributed by atoms with Crippen LogP contribution in [-0.4, -0.2) is 54.3 Å². The van der Waals surface area contributed by atoms with E-state index in [1.54, 1.807) is 6.07 Å². The first-order valence-corrected chi connectivity index (χ1v) is 11.1. The highest BCUT2D eigenvalue weighted by atomic mass is 35.5. The summed E-state index contributed by atoms with van der Waals surface area (Å²) in [6.07, 6.45) is 1.62. The number of ether oxygens (including phenoxy) is 1. The lowest BCUT2D eigenvalue weighted by Crippen LogP contribution is -2.42. The van der Waals surface area contributed by atoms with Gasteiger partial charge in [-0.2, -0.15) is 0 Å². The van der Waals surface area contributed by atoms with Crippen molar-refractivity contribution in [1.29, 1.82) is 0 Å². The summed E-state index contributed by atoms with van der Waals surface area (Å²) in [6.45, 7) is 2.80. The Hall–Kier alpha value is -2.08. The van der Waals surface area contributed by atoms with Gasteiger partial charge in [-0.05, 0) is 54.9 Å². The van der Waals surface area contributed by atoms with Crippen molar-refractivity contribution < 1.29 is 14.6 Å². The molecule has 4 atom stereocenters. The Labute approximate surface area is 183 Å². The minimum Gasteiger partial charge on any atom is -0.488 e. The summed E-state index contributed by atoms with van der Waals surface area (Å²) in [7, 11) is 0. The number of fused-ring (bicyclic) bond motifs is 1. The van der Waals surface area contributed by atoms with Gasteiger partial charge in [-0.3, -0.25) is 9.69 Å². The summed E-state index contributed by atoms with van der Waals surface area (Å²) < 4.78 is 6.04. The molecule has 5 nitrogen and oxygen atoms in total. The Balaban J connectivity index is 1.23. The molecule has 0 bridgehead atoms. The molecule has 1 saturated heterocycles. The lowest BCUT2D eigenvalue weighted by molar-refractivity contribution is -0.122. The molecule has 0 unspecified atom stereocenters. The number of likely N-dealkylation sites (tertiary alicyclic amines) is 1. The van der Waals surface area contributed by atoms with Crippen LogP contribution >= 0.6 is 11.6 Å². The van der Waals surface area contributed by atoms with Gasteiger partial charge in [0, 0.05) is 24.7 Å². The quantitative estimate of drug-likeness (QED) is 0.711. The highest BCUT2D eigenvalue weighted by Crippen LogP contribution is 2.38. The van der Waals surface area contributed by atoms with E-state index in [9.17, 15) is 9.90 Å². The second-order valence-corrected chi connectivity index (χ2v) is 8.89. The first-order chi connectivity index (χ1) is 14.6. The fraction of sp³-hybridized carbons (Fsp3) is 0.458. The van der Waals surface area contributed by atoms with E-state index in [2.05, 4.69) is 22.3 Å². The lowest BCUT2D eigenvalue weighted by atomic mass is 9.78. The molecular formula is C24H29ClN2O3. The van der Waals surface area contributed by atoms with Crippen molar-refractivity contribution in [2.45, 2.75) is 31.5 Å². The second-order valence-electron chi connectivity index (χ2n) is 8.45. The van der Waals surface area contributed by atoms with Crippen molar-refractivity contribution in [1.82, 2.24) is 10.2 Å². The number of hydrogen-bond donors (Lipinski definition) is 2. The number of carbonyl (C=O) groups excluding carboxylic acids is 1. The van der Waals surface area contributed by atoms with Crippen LogP contribution in [-0.2, 0) is 11.2 Å². The van der Waals surface area contributed by atoms with Gasteiger partial charge in [0.1, 0.15) is 11.9 Å². The number of nitrogens with zero attached hydrogens (tertiary/aromatic N) is 1. The maximum atomic E-state index is 12.4. The number of carbonyl (C=O) groups is 1.